The summed E-state index contributed by atoms with van der Waals surface area (Å²) in [6.07, 6.45) is 3.01. The zero-order valence-electron chi connectivity index (χ0n) is 26.6. The molecule has 0 N–H and O–H groups in total. The lowest BCUT2D eigenvalue weighted by molar-refractivity contribution is -0.139. The number of esters is 1. The third-order valence-electron chi connectivity index (χ3n) is 7.51. The maximum absolute atomic E-state index is 14.2. The first-order valence-electron chi connectivity index (χ1n) is 14.9. The lowest BCUT2D eigenvalue weighted by atomic mass is 9.93. The molecule has 0 spiro atoms. The largest absolute Gasteiger partial charge is 0.497 e. The topological polar surface area (TPSA) is 97.6 Å². The number of hydrogen-bond acceptors (Lipinski definition) is 9. The SMILES string of the molecule is CCCC1=C(C(=O)OCC)[C@H](c2cc(OC)ccc2OC)n2c(s/c(=C\c3ccc(OCc4ccc(Cl)cc4Cl)c(OC)c3)c2=O)=N1. The summed E-state index contributed by atoms with van der Waals surface area (Å²) in [6.45, 7) is 4.13. The van der Waals surface area contributed by atoms with Gasteiger partial charge >= 0.3 is 5.97 Å². The van der Waals surface area contributed by atoms with E-state index < -0.39 is 12.0 Å². The lowest BCUT2D eigenvalue weighted by Gasteiger charge is -2.27. The first-order chi connectivity index (χ1) is 22.7. The van der Waals surface area contributed by atoms with Crippen molar-refractivity contribution in [3.63, 3.8) is 0 Å². The Kier molecular flexibility index (Phi) is 11.0. The molecule has 1 aliphatic heterocycles. The summed E-state index contributed by atoms with van der Waals surface area (Å²) < 4.78 is 30.3. The molecule has 0 saturated heterocycles. The van der Waals surface area contributed by atoms with Crippen LogP contribution in [0.3, 0.4) is 0 Å². The average Bonchev–Trinajstić information content (AvgIpc) is 3.37. The number of rotatable bonds is 12. The second kappa shape index (κ2) is 15.1. The highest BCUT2D eigenvalue weighted by Crippen LogP contribution is 2.39. The van der Waals surface area contributed by atoms with Crippen LogP contribution in [0.1, 0.15) is 49.4 Å². The number of thiazole rings is 1. The van der Waals surface area contributed by atoms with Crippen molar-refractivity contribution < 1.29 is 28.5 Å². The Balaban J connectivity index is 1.62. The molecule has 2 heterocycles. The Morgan fingerprint density at radius 2 is 1.72 bits per heavy atom. The van der Waals surface area contributed by atoms with Gasteiger partial charge in [-0.05, 0) is 67.4 Å². The molecular formula is C35H34Cl2N2O7S. The molecule has 4 aromatic rings. The third kappa shape index (κ3) is 7.20. The zero-order valence-corrected chi connectivity index (χ0v) is 28.9. The Labute approximate surface area is 286 Å². The first-order valence-corrected chi connectivity index (χ1v) is 16.5. The molecule has 5 rings (SSSR count). The number of halogens is 2. The smallest absolute Gasteiger partial charge is 0.338 e. The van der Waals surface area contributed by atoms with Gasteiger partial charge in [-0.1, -0.05) is 60.0 Å². The standard InChI is InChI=1S/C35H34Cl2N2O7S/c1-6-8-26-31(34(41)45-7-2)32(24-18-23(42-3)12-14-27(24)43-4)39-33(40)30(47-35(39)38-26)16-20-9-13-28(29(15-20)44-5)46-19-21-10-11-22(36)17-25(21)37/h9-18,32H,6-8,19H2,1-5H3/b30-16-/t32-/m0/s1. The quantitative estimate of drug-likeness (QED) is 0.156. The molecule has 12 heteroatoms. The minimum absolute atomic E-state index is 0.169. The molecule has 47 heavy (non-hydrogen) atoms. The van der Waals surface area contributed by atoms with Gasteiger partial charge in [0.15, 0.2) is 16.3 Å². The van der Waals surface area contributed by atoms with Gasteiger partial charge in [0.1, 0.15) is 24.1 Å². The minimum Gasteiger partial charge on any atom is -0.497 e. The van der Waals surface area contributed by atoms with Gasteiger partial charge in [-0.15, -0.1) is 0 Å². The maximum Gasteiger partial charge on any atom is 0.338 e. The molecule has 0 amide bonds. The van der Waals surface area contributed by atoms with Gasteiger partial charge in [-0.25, -0.2) is 9.79 Å². The molecule has 1 aromatic heterocycles. The molecule has 0 unspecified atom stereocenters. The van der Waals surface area contributed by atoms with Gasteiger partial charge in [0.2, 0.25) is 0 Å². The van der Waals surface area contributed by atoms with Gasteiger partial charge in [0.05, 0.1) is 43.7 Å². The molecule has 0 bridgehead atoms. The van der Waals surface area contributed by atoms with Gasteiger partial charge in [0, 0.05) is 21.2 Å². The van der Waals surface area contributed by atoms with Crippen LogP contribution in [0.5, 0.6) is 23.0 Å². The number of allylic oxidation sites excluding steroid dienone is 1. The minimum atomic E-state index is -0.857. The second-order valence-electron chi connectivity index (χ2n) is 10.5. The van der Waals surface area contributed by atoms with Crippen LogP contribution in [0.15, 0.2) is 75.7 Å². The molecule has 0 fully saturated rings. The predicted molar refractivity (Wildman–Crippen MR) is 183 cm³/mol. The van der Waals surface area contributed by atoms with Crippen molar-refractivity contribution in [2.45, 2.75) is 39.3 Å². The van der Waals surface area contributed by atoms with Gasteiger partial charge < -0.3 is 23.7 Å². The van der Waals surface area contributed by atoms with Crippen molar-refractivity contribution >= 4 is 46.6 Å². The van der Waals surface area contributed by atoms with E-state index in [1.54, 1.807) is 82.9 Å². The van der Waals surface area contributed by atoms with Crippen LogP contribution in [-0.2, 0) is 16.1 Å². The Hall–Kier alpha value is -4.25. The fourth-order valence-corrected chi connectivity index (χ4v) is 6.79. The number of aromatic nitrogens is 1. The summed E-state index contributed by atoms with van der Waals surface area (Å²) in [5.74, 6) is 1.48. The van der Waals surface area contributed by atoms with Crippen LogP contribution in [0.4, 0.5) is 0 Å². The van der Waals surface area contributed by atoms with Crippen molar-refractivity contribution in [3.8, 4) is 23.0 Å². The summed E-state index contributed by atoms with van der Waals surface area (Å²) >= 11 is 13.6. The van der Waals surface area contributed by atoms with E-state index in [-0.39, 0.29) is 18.8 Å². The van der Waals surface area contributed by atoms with Crippen LogP contribution in [0.2, 0.25) is 10.0 Å². The van der Waals surface area contributed by atoms with E-state index in [1.165, 1.54) is 15.9 Å². The van der Waals surface area contributed by atoms with E-state index >= 15 is 0 Å². The Morgan fingerprint density at radius 1 is 0.957 bits per heavy atom. The summed E-state index contributed by atoms with van der Waals surface area (Å²) in [4.78, 5) is 33.1. The van der Waals surface area contributed by atoms with E-state index in [0.29, 0.717) is 71.2 Å². The molecule has 0 aliphatic carbocycles. The van der Waals surface area contributed by atoms with Crippen molar-refractivity contribution in [2.75, 3.05) is 27.9 Å². The van der Waals surface area contributed by atoms with Crippen molar-refractivity contribution in [1.29, 1.82) is 0 Å². The third-order valence-corrected chi connectivity index (χ3v) is 9.08. The zero-order chi connectivity index (χ0) is 33.7. The number of hydrogen-bond donors (Lipinski definition) is 0. The van der Waals surface area contributed by atoms with Crippen molar-refractivity contribution in [3.05, 3.63) is 112 Å². The molecule has 3 aromatic carbocycles. The highest BCUT2D eigenvalue weighted by molar-refractivity contribution is 7.07. The van der Waals surface area contributed by atoms with E-state index in [9.17, 15) is 9.59 Å². The monoisotopic (exact) mass is 696 g/mol. The van der Waals surface area contributed by atoms with Gasteiger partial charge in [-0.2, -0.15) is 0 Å². The van der Waals surface area contributed by atoms with Gasteiger partial charge in [-0.3, -0.25) is 9.36 Å². The maximum atomic E-state index is 14.2. The fraction of sp³-hybridized carbons (Fsp3) is 0.286. The summed E-state index contributed by atoms with van der Waals surface area (Å²) in [5, 5.41) is 1.04. The van der Waals surface area contributed by atoms with Crippen LogP contribution >= 0.6 is 34.5 Å². The molecule has 9 nitrogen and oxygen atoms in total. The summed E-state index contributed by atoms with van der Waals surface area (Å²) in [7, 11) is 4.64. The fourth-order valence-electron chi connectivity index (χ4n) is 5.31. The molecule has 246 valence electrons. The normalized spacial score (nSPS) is 14.4. The average molecular weight is 698 g/mol. The number of carbonyl (C=O) groups excluding carboxylic acids is 1. The number of methoxy groups -OCH3 is 3. The summed E-state index contributed by atoms with van der Waals surface area (Å²) in [6, 6.07) is 15.0. The molecular weight excluding hydrogens is 663 g/mol. The number of carbonyl (C=O) groups is 1. The van der Waals surface area contributed by atoms with Crippen molar-refractivity contribution in [2.24, 2.45) is 4.99 Å². The number of ether oxygens (including phenoxy) is 5. The van der Waals surface area contributed by atoms with Crippen LogP contribution in [0.25, 0.3) is 6.08 Å². The van der Waals surface area contributed by atoms with Crippen LogP contribution in [-0.4, -0.2) is 38.5 Å². The highest BCUT2D eigenvalue weighted by atomic mass is 35.5. The Morgan fingerprint density at radius 3 is 2.40 bits per heavy atom. The second-order valence-corrected chi connectivity index (χ2v) is 12.3. The lowest BCUT2D eigenvalue weighted by Crippen LogP contribution is -2.40. The van der Waals surface area contributed by atoms with E-state index in [4.69, 9.17) is 51.9 Å². The number of nitrogens with zero attached hydrogens (tertiary/aromatic N) is 2. The van der Waals surface area contributed by atoms with Crippen LogP contribution < -0.4 is 33.8 Å². The highest BCUT2D eigenvalue weighted by Gasteiger charge is 2.36. The predicted octanol–water partition coefficient (Wildman–Crippen LogP) is 6.49. The van der Waals surface area contributed by atoms with E-state index in [2.05, 4.69) is 0 Å². The van der Waals surface area contributed by atoms with E-state index in [1.807, 2.05) is 13.0 Å². The Bertz CT molecular complexity index is 2020. The van der Waals surface area contributed by atoms with Gasteiger partial charge in [0.25, 0.3) is 5.56 Å². The molecule has 0 saturated carbocycles. The molecule has 1 aliphatic rings. The van der Waals surface area contributed by atoms with Crippen LogP contribution in [0, 0.1) is 0 Å². The molecule has 1 atom stereocenters. The summed E-state index contributed by atoms with van der Waals surface area (Å²) in [5.41, 5.74) is 2.60. The number of benzene rings is 3. The first kappa shape index (κ1) is 34.1. The van der Waals surface area contributed by atoms with Crippen molar-refractivity contribution in [1.82, 2.24) is 4.57 Å². The molecule has 0 radical (unpaired) electrons. The number of fused-ring (bicyclic) bond motifs is 1. The van der Waals surface area contributed by atoms with E-state index in [0.717, 1.165) is 12.0 Å².